The van der Waals surface area contributed by atoms with E-state index < -0.39 is 0 Å². The van der Waals surface area contributed by atoms with Crippen LogP contribution in [0.3, 0.4) is 0 Å². The molecular weight excluding hydrogens is 194 g/mol. The summed E-state index contributed by atoms with van der Waals surface area (Å²) in [7, 11) is 1.98. The lowest BCUT2D eigenvalue weighted by atomic mass is 9.90. The lowest BCUT2D eigenvalue weighted by molar-refractivity contribution is 0.570. The van der Waals surface area contributed by atoms with Gasteiger partial charge in [0, 0.05) is 11.9 Å². The molecule has 0 aliphatic rings. The Labute approximate surface area is 87.4 Å². The van der Waals surface area contributed by atoms with Gasteiger partial charge in [-0.05, 0) is 25.3 Å². The quantitative estimate of drug-likeness (QED) is 0.756. The van der Waals surface area contributed by atoms with Crippen LogP contribution in [0.2, 0.25) is 0 Å². The Morgan fingerprint density at radius 2 is 2.21 bits per heavy atom. The first-order chi connectivity index (χ1) is 6.62. The van der Waals surface area contributed by atoms with Gasteiger partial charge >= 0.3 is 0 Å². The van der Waals surface area contributed by atoms with Gasteiger partial charge in [0.15, 0.2) is 0 Å². The summed E-state index contributed by atoms with van der Waals surface area (Å²) in [5.41, 5.74) is -0.0561. The smallest absolute Gasteiger partial charge is 0.143 e. The van der Waals surface area contributed by atoms with E-state index in [0.29, 0.717) is 0 Å². The second-order valence-corrected chi connectivity index (χ2v) is 4.82. The van der Waals surface area contributed by atoms with Crippen molar-refractivity contribution in [2.24, 2.45) is 7.05 Å². The Balaban J connectivity index is 2.48. The first-order valence-corrected chi connectivity index (χ1v) is 5.39. The fourth-order valence-corrected chi connectivity index (χ4v) is 2.44. The molecule has 2 aromatic rings. The van der Waals surface area contributed by atoms with Gasteiger partial charge in [0.1, 0.15) is 12.2 Å². The van der Waals surface area contributed by atoms with Crippen molar-refractivity contribution < 1.29 is 0 Å². The monoisotopic (exact) mass is 207 g/mol. The number of aromatic nitrogens is 3. The van der Waals surface area contributed by atoms with Crippen molar-refractivity contribution in [3.63, 3.8) is 0 Å². The first-order valence-electron chi connectivity index (χ1n) is 4.51. The molecule has 0 saturated heterocycles. The number of hydrogen-bond donors (Lipinski definition) is 0. The van der Waals surface area contributed by atoms with Crippen LogP contribution in [0.4, 0.5) is 0 Å². The largest absolute Gasteiger partial charge is 0.320 e. The highest BCUT2D eigenvalue weighted by atomic mass is 32.1. The molecule has 14 heavy (non-hydrogen) atoms. The zero-order valence-electron chi connectivity index (χ0n) is 8.56. The van der Waals surface area contributed by atoms with Gasteiger partial charge in [-0.15, -0.1) is 21.5 Å². The molecule has 2 rings (SSSR count). The summed E-state index contributed by atoms with van der Waals surface area (Å²) in [5.74, 6) is 1.000. The minimum atomic E-state index is -0.0561. The standard InChI is InChI=1S/C10H13N3S/c1-10(2,8-5-4-6-14-8)9-12-11-7-13(9)3/h4-7H,1-3H3. The summed E-state index contributed by atoms with van der Waals surface area (Å²) >= 11 is 1.76. The normalized spacial score (nSPS) is 11.9. The predicted molar refractivity (Wildman–Crippen MR) is 57.5 cm³/mol. The highest BCUT2D eigenvalue weighted by Crippen LogP contribution is 2.32. The Hall–Kier alpha value is -1.16. The van der Waals surface area contributed by atoms with Crippen molar-refractivity contribution in [2.75, 3.05) is 0 Å². The molecular formula is C10H13N3S. The molecule has 0 aliphatic carbocycles. The molecule has 0 amide bonds. The maximum atomic E-state index is 4.16. The van der Waals surface area contributed by atoms with E-state index >= 15 is 0 Å². The Kier molecular flexibility index (Phi) is 2.15. The van der Waals surface area contributed by atoms with Crippen LogP contribution in [0.5, 0.6) is 0 Å². The number of thiophene rings is 1. The third-order valence-corrected chi connectivity index (χ3v) is 3.60. The molecule has 0 radical (unpaired) electrons. The van der Waals surface area contributed by atoms with Crippen molar-refractivity contribution in [2.45, 2.75) is 19.3 Å². The van der Waals surface area contributed by atoms with Gasteiger partial charge in [0.2, 0.25) is 0 Å². The van der Waals surface area contributed by atoms with E-state index in [0.717, 1.165) is 5.82 Å². The van der Waals surface area contributed by atoms with E-state index in [1.807, 2.05) is 11.6 Å². The summed E-state index contributed by atoms with van der Waals surface area (Å²) in [6.45, 7) is 4.34. The zero-order chi connectivity index (χ0) is 10.2. The van der Waals surface area contributed by atoms with E-state index in [-0.39, 0.29) is 5.41 Å². The molecule has 4 heteroatoms. The molecule has 0 aromatic carbocycles. The molecule has 74 valence electrons. The Bertz CT molecular complexity index is 414. The summed E-state index contributed by atoms with van der Waals surface area (Å²) < 4.78 is 1.97. The van der Waals surface area contributed by atoms with Crippen molar-refractivity contribution in [1.82, 2.24) is 14.8 Å². The number of rotatable bonds is 2. The molecule has 2 aromatic heterocycles. The van der Waals surface area contributed by atoms with Crippen molar-refractivity contribution in [3.05, 3.63) is 34.5 Å². The third-order valence-electron chi connectivity index (χ3n) is 2.41. The van der Waals surface area contributed by atoms with E-state index in [2.05, 4.69) is 41.6 Å². The Morgan fingerprint density at radius 1 is 1.43 bits per heavy atom. The van der Waals surface area contributed by atoms with Crippen LogP contribution in [0, 0.1) is 0 Å². The third kappa shape index (κ3) is 1.35. The lowest BCUT2D eigenvalue weighted by Gasteiger charge is -2.21. The maximum absolute atomic E-state index is 4.16. The van der Waals surface area contributed by atoms with Crippen LogP contribution < -0.4 is 0 Å². The van der Waals surface area contributed by atoms with Crippen LogP contribution in [0.15, 0.2) is 23.8 Å². The van der Waals surface area contributed by atoms with Crippen LogP contribution >= 0.6 is 11.3 Å². The van der Waals surface area contributed by atoms with Crippen LogP contribution in [0.1, 0.15) is 24.5 Å². The predicted octanol–water partition coefficient (Wildman–Crippen LogP) is 2.20. The van der Waals surface area contributed by atoms with E-state index in [1.54, 1.807) is 17.7 Å². The fraction of sp³-hybridized carbons (Fsp3) is 0.400. The topological polar surface area (TPSA) is 30.7 Å². The fourth-order valence-electron chi connectivity index (χ4n) is 1.59. The number of nitrogens with zero attached hydrogens (tertiary/aromatic N) is 3. The summed E-state index contributed by atoms with van der Waals surface area (Å²) in [6, 6.07) is 4.21. The first kappa shape index (κ1) is 9.40. The summed E-state index contributed by atoms with van der Waals surface area (Å²) in [5, 5.41) is 10.2. The van der Waals surface area contributed by atoms with E-state index in [9.17, 15) is 0 Å². The van der Waals surface area contributed by atoms with E-state index in [4.69, 9.17) is 0 Å². The highest BCUT2D eigenvalue weighted by molar-refractivity contribution is 7.10. The van der Waals surface area contributed by atoms with Gasteiger partial charge in [-0.2, -0.15) is 0 Å². The highest BCUT2D eigenvalue weighted by Gasteiger charge is 2.28. The van der Waals surface area contributed by atoms with Gasteiger partial charge in [0.05, 0.1) is 5.41 Å². The molecule has 2 heterocycles. The average molecular weight is 207 g/mol. The SMILES string of the molecule is Cn1cnnc1C(C)(C)c1cccs1. The van der Waals surface area contributed by atoms with Crippen LogP contribution in [-0.2, 0) is 12.5 Å². The number of aryl methyl sites for hydroxylation is 1. The Morgan fingerprint density at radius 3 is 2.71 bits per heavy atom. The lowest BCUT2D eigenvalue weighted by Crippen LogP contribution is -2.22. The van der Waals surface area contributed by atoms with Gasteiger partial charge < -0.3 is 4.57 Å². The van der Waals surface area contributed by atoms with Crippen LogP contribution in [-0.4, -0.2) is 14.8 Å². The van der Waals surface area contributed by atoms with Gasteiger partial charge in [0.25, 0.3) is 0 Å². The zero-order valence-corrected chi connectivity index (χ0v) is 9.38. The van der Waals surface area contributed by atoms with Crippen molar-refractivity contribution in [3.8, 4) is 0 Å². The molecule has 0 bridgehead atoms. The second-order valence-electron chi connectivity index (χ2n) is 3.87. The molecule has 0 aliphatic heterocycles. The van der Waals surface area contributed by atoms with E-state index in [1.165, 1.54) is 4.88 Å². The molecule has 0 N–H and O–H groups in total. The minimum Gasteiger partial charge on any atom is -0.320 e. The summed E-state index contributed by atoms with van der Waals surface area (Å²) in [4.78, 5) is 1.31. The van der Waals surface area contributed by atoms with Gasteiger partial charge in [-0.3, -0.25) is 0 Å². The van der Waals surface area contributed by atoms with Gasteiger partial charge in [-0.25, -0.2) is 0 Å². The van der Waals surface area contributed by atoms with Crippen molar-refractivity contribution >= 4 is 11.3 Å². The summed E-state index contributed by atoms with van der Waals surface area (Å²) in [6.07, 6.45) is 1.74. The van der Waals surface area contributed by atoms with Gasteiger partial charge in [-0.1, -0.05) is 6.07 Å². The molecule has 0 spiro atoms. The maximum Gasteiger partial charge on any atom is 0.143 e. The molecule has 3 nitrogen and oxygen atoms in total. The van der Waals surface area contributed by atoms with Crippen molar-refractivity contribution in [1.29, 1.82) is 0 Å². The molecule has 0 unspecified atom stereocenters. The van der Waals surface area contributed by atoms with Crippen LogP contribution in [0.25, 0.3) is 0 Å². The minimum absolute atomic E-state index is 0.0561. The second kappa shape index (κ2) is 3.20. The molecule has 0 atom stereocenters. The molecule has 0 saturated carbocycles. The number of hydrogen-bond acceptors (Lipinski definition) is 3. The molecule has 0 fully saturated rings. The average Bonchev–Trinajstić information content (AvgIpc) is 2.72.